The SMILES string of the molecule is CN1CCN(C2=c3ccc(Cl)cc3=NCc3sccc32)CC1. The van der Waals surface area contributed by atoms with Gasteiger partial charge in [0.25, 0.3) is 0 Å². The lowest BCUT2D eigenvalue weighted by molar-refractivity contribution is 0.206. The van der Waals surface area contributed by atoms with Crippen LogP contribution >= 0.6 is 22.9 Å². The lowest BCUT2D eigenvalue weighted by atomic mass is 10.1. The lowest BCUT2D eigenvalue weighted by Crippen LogP contribution is -2.46. The predicted octanol–water partition coefficient (Wildman–Crippen LogP) is 1.94. The molecule has 1 aromatic carbocycles. The predicted molar refractivity (Wildman–Crippen MR) is 91.8 cm³/mol. The van der Waals surface area contributed by atoms with Gasteiger partial charge >= 0.3 is 0 Å². The van der Waals surface area contributed by atoms with Crippen molar-refractivity contribution in [3.63, 3.8) is 0 Å². The summed E-state index contributed by atoms with van der Waals surface area (Å²) in [5, 5.41) is 5.17. The lowest BCUT2D eigenvalue weighted by Gasteiger charge is -2.35. The first-order chi connectivity index (χ1) is 10.7. The molecule has 0 spiro atoms. The van der Waals surface area contributed by atoms with Gasteiger partial charge in [0, 0.05) is 46.9 Å². The van der Waals surface area contributed by atoms with Crippen LogP contribution in [-0.4, -0.2) is 43.0 Å². The summed E-state index contributed by atoms with van der Waals surface area (Å²) in [4.78, 5) is 11.0. The van der Waals surface area contributed by atoms with Gasteiger partial charge in [-0.1, -0.05) is 11.6 Å². The molecule has 5 heteroatoms. The molecule has 0 aliphatic carbocycles. The van der Waals surface area contributed by atoms with Gasteiger partial charge in [-0.25, -0.2) is 0 Å². The van der Waals surface area contributed by atoms with Crippen LogP contribution in [0.4, 0.5) is 0 Å². The van der Waals surface area contributed by atoms with Gasteiger partial charge in [-0.05, 0) is 36.7 Å². The molecule has 2 aliphatic rings. The van der Waals surface area contributed by atoms with Gasteiger partial charge in [-0.2, -0.15) is 0 Å². The number of halogens is 1. The van der Waals surface area contributed by atoms with Crippen LogP contribution in [0.25, 0.3) is 5.70 Å². The van der Waals surface area contributed by atoms with Gasteiger partial charge in [-0.15, -0.1) is 11.3 Å². The maximum Gasteiger partial charge on any atom is 0.0746 e. The van der Waals surface area contributed by atoms with Crippen LogP contribution in [0.5, 0.6) is 0 Å². The van der Waals surface area contributed by atoms with E-state index in [1.54, 1.807) is 11.3 Å². The zero-order chi connectivity index (χ0) is 15.1. The first kappa shape index (κ1) is 14.2. The molecule has 2 aromatic rings. The second-order valence-corrected chi connectivity index (χ2v) is 7.31. The van der Waals surface area contributed by atoms with E-state index in [0.717, 1.165) is 43.1 Å². The molecule has 0 radical (unpaired) electrons. The van der Waals surface area contributed by atoms with Crippen LogP contribution in [0.1, 0.15) is 10.4 Å². The minimum Gasteiger partial charge on any atom is -0.368 e. The fourth-order valence-electron chi connectivity index (χ4n) is 3.18. The molecule has 3 heterocycles. The van der Waals surface area contributed by atoms with Crippen molar-refractivity contribution in [3.05, 3.63) is 55.7 Å². The Morgan fingerprint density at radius 2 is 1.95 bits per heavy atom. The molecule has 0 atom stereocenters. The average Bonchev–Trinajstić information content (AvgIpc) is 2.92. The maximum atomic E-state index is 6.18. The van der Waals surface area contributed by atoms with Crippen LogP contribution in [0.15, 0.2) is 34.6 Å². The third kappa shape index (κ3) is 2.45. The number of hydrogen-bond acceptors (Lipinski definition) is 4. The fraction of sp³-hybridized carbons (Fsp3) is 0.353. The summed E-state index contributed by atoms with van der Waals surface area (Å²) in [5.41, 5.74) is 2.68. The minimum atomic E-state index is 0.748. The van der Waals surface area contributed by atoms with E-state index in [-0.39, 0.29) is 0 Å². The molecule has 0 amide bonds. The maximum absolute atomic E-state index is 6.18. The highest BCUT2D eigenvalue weighted by Gasteiger charge is 2.22. The van der Waals surface area contributed by atoms with E-state index in [1.165, 1.54) is 21.4 Å². The quantitative estimate of drug-likeness (QED) is 0.795. The molecule has 0 bridgehead atoms. The summed E-state index contributed by atoms with van der Waals surface area (Å²) in [6.45, 7) is 5.07. The van der Waals surface area contributed by atoms with E-state index >= 15 is 0 Å². The molecule has 1 fully saturated rings. The molecule has 2 aliphatic heterocycles. The summed E-state index contributed by atoms with van der Waals surface area (Å²) < 4.78 is 0. The van der Waals surface area contributed by atoms with Gasteiger partial charge in [0.1, 0.15) is 0 Å². The van der Waals surface area contributed by atoms with Crippen molar-refractivity contribution in [2.75, 3.05) is 33.2 Å². The van der Waals surface area contributed by atoms with Gasteiger partial charge < -0.3 is 9.80 Å². The zero-order valence-corrected chi connectivity index (χ0v) is 14.1. The van der Waals surface area contributed by atoms with E-state index in [4.69, 9.17) is 16.6 Å². The van der Waals surface area contributed by atoms with Crippen molar-refractivity contribution < 1.29 is 0 Å². The summed E-state index contributed by atoms with van der Waals surface area (Å²) in [5.74, 6) is 0. The number of hydrogen-bond donors (Lipinski definition) is 0. The van der Waals surface area contributed by atoms with E-state index < -0.39 is 0 Å². The van der Waals surface area contributed by atoms with Crippen LogP contribution in [-0.2, 0) is 6.54 Å². The molecule has 4 rings (SSSR count). The molecular weight excluding hydrogens is 314 g/mol. The molecule has 1 aromatic heterocycles. The van der Waals surface area contributed by atoms with Gasteiger partial charge in [0.2, 0.25) is 0 Å². The molecule has 0 unspecified atom stereocenters. The molecule has 0 N–H and O–H groups in total. The minimum absolute atomic E-state index is 0.748. The molecule has 114 valence electrons. The summed E-state index contributed by atoms with van der Waals surface area (Å²) in [6, 6.07) is 8.33. The standard InChI is InChI=1S/C17H18ClN3S/c1-20-5-7-21(8-6-20)17-13-3-2-12(18)10-15(13)19-11-16-14(17)4-9-22-16/h2-4,9-10H,5-8,11H2,1H3. The summed E-state index contributed by atoms with van der Waals surface area (Å²) in [7, 11) is 2.19. The highest BCUT2D eigenvalue weighted by molar-refractivity contribution is 7.10. The van der Waals surface area contributed by atoms with Crippen LogP contribution < -0.4 is 10.6 Å². The molecular formula is C17H18ClN3S. The topological polar surface area (TPSA) is 18.8 Å². The molecule has 3 nitrogen and oxygen atoms in total. The Kier molecular flexibility index (Phi) is 3.68. The van der Waals surface area contributed by atoms with Gasteiger partial charge in [0.05, 0.1) is 17.6 Å². The first-order valence-electron chi connectivity index (χ1n) is 7.57. The Balaban J connectivity index is 1.95. The third-order valence-electron chi connectivity index (χ3n) is 4.43. The van der Waals surface area contributed by atoms with Crippen molar-refractivity contribution in [1.82, 2.24) is 9.80 Å². The van der Waals surface area contributed by atoms with Crippen molar-refractivity contribution in [2.45, 2.75) is 6.54 Å². The van der Waals surface area contributed by atoms with Crippen LogP contribution in [0.3, 0.4) is 0 Å². The van der Waals surface area contributed by atoms with E-state index in [9.17, 15) is 0 Å². The average molecular weight is 332 g/mol. The fourth-order valence-corrected chi connectivity index (χ4v) is 4.15. The largest absolute Gasteiger partial charge is 0.368 e. The van der Waals surface area contributed by atoms with Crippen molar-refractivity contribution in [3.8, 4) is 0 Å². The second-order valence-electron chi connectivity index (χ2n) is 5.87. The van der Waals surface area contributed by atoms with E-state index in [2.05, 4.69) is 34.4 Å². The number of benzene rings is 1. The number of piperazine rings is 1. The number of nitrogens with zero attached hydrogens (tertiary/aromatic N) is 3. The monoisotopic (exact) mass is 331 g/mol. The molecule has 1 saturated heterocycles. The highest BCUT2D eigenvalue weighted by atomic mass is 35.5. The van der Waals surface area contributed by atoms with Crippen molar-refractivity contribution >= 4 is 28.6 Å². The Labute approximate surface area is 139 Å². The Hall–Kier alpha value is -1.36. The highest BCUT2D eigenvalue weighted by Crippen LogP contribution is 2.27. The third-order valence-corrected chi connectivity index (χ3v) is 5.57. The van der Waals surface area contributed by atoms with Crippen molar-refractivity contribution in [2.24, 2.45) is 4.99 Å². The normalized spacial score (nSPS) is 18.5. The van der Waals surface area contributed by atoms with Gasteiger partial charge in [-0.3, -0.25) is 4.99 Å². The Bertz CT molecular complexity index is 819. The summed E-state index contributed by atoms with van der Waals surface area (Å²) in [6.07, 6.45) is 0. The molecule has 22 heavy (non-hydrogen) atoms. The van der Waals surface area contributed by atoms with Crippen molar-refractivity contribution in [1.29, 1.82) is 0 Å². The number of thiophene rings is 1. The zero-order valence-electron chi connectivity index (χ0n) is 12.6. The second kappa shape index (κ2) is 5.69. The van der Waals surface area contributed by atoms with E-state index in [1.807, 2.05) is 12.1 Å². The Morgan fingerprint density at radius 3 is 2.77 bits per heavy atom. The number of rotatable bonds is 1. The smallest absolute Gasteiger partial charge is 0.0746 e. The first-order valence-corrected chi connectivity index (χ1v) is 8.83. The van der Waals surface area contributed by atoms with Crippen LogP contribution in [0.2, 0.25) is 5.02 Å². The summed E-state index contributed by atoms with van der Waals surface area (Å²) >= 11 is 7.98. The van der Waals surface area contributed by atoms with Gasteiger partial charge in [0.15, 0.2) is 0 Å². The van der Waals surface area contributed by atoms with Crippen LogP contribution in [0, 0.1) is 0 Å². The number of likely N-dealkylation sites (N-methyl/N-ethyl adjacent to an activating group) is 1. The Morgan fingerprint density at radius 1 is 1.14 bits per heavy atom. The number of fused-ring (bicyclic) bond motifs is 2. The molecule has 0 saturated carbocycles. The van der Waals surface area contributed by atoms with E-state index in [0.29, 0.717) is 0 Å².